The maximum Gasteiger partial charge on any atom is 0.266 e. The van der Waals surface area contributed by atoms with Gasteiger partial charge in [0.1, 0.15) is 11.6 Å². The van der Waals surface area contributed by atoms with Crippen molar-refractivity contribution < 1.29 is 13.9 Å². The number of carbonyl (C=O) groups excluding carboxylic acids is 1. The average Bonchev–Trinajstić information content (AvgIpc) is 2.83. The van der Waals surface area contributed by atoms with Crippen LogP contribution >= 0.6 is 11.8 Å². The van der Waals surface area contributed by atoms with Crippen molar-refractivity contribution in [2.75, 3.05) is 7.11 Å². The van der Waals surface area contributed by atoms with Crippen molar-refractivity contribution in [2.24, 2.45) is 0 Å². The van der Waals surface area contributed by atoms with Gasteiger partial charge in [-0.05, 0) is 61.0 Å². The Morgan fingerprint density at radius 1 is 1.12 bits per heavy atom. The molecule has 0 saturated heterocycles. The van der Waals surface area contributed by atoms with Gasteiger partial charge in [-0.25, -0.2) is 9.37 Å². The number of aromatic nitrogens is 2. The van der Waals surface area contributed by atoms with E-state index in [0.29, 0.717) is 34.0 Å². The highest BCUT2D eigenvalue weighted by molar-refractivity contribution is 8.00. The SMILES string of the molecule is COc1cccc(CNC(=O)C(C)Sc2nc3ccccc3c(=O)n2-c2ccc(F)cc2)c1. The van der Waals surface area contributed by atoms with E-state index in [4.69, 9.17) is 4.74 Å². The van der Waals surface area contributed by atoms with Gasteiger partial charge in [0.25, 0.3) is 5.56 Å². The van der Waals surface area contributed by atoms with Gasteiger partial charge in [-0.2, -0.15) is 0 Å². The highest BCUT2D eigenvalue weighted by atomic mass is 32.2. The molecule has 0 aliphatic heterocycles. The van der Waals surface area contributed by atoms with Crippen molar-refractivity contribution >= 4 is 28.6 Å². The van der Waals surface area contributed by atoms with E-state index in [-0.39, 0.29) is 11.5 Å². The molecular weight excluding hydrogens is 441 g/mol. The van der Waals surface area contributed by atoms with Crippen LogP contribution in [-0.2, 0) is 11.3 Å². The first-order valence-electron chi connectivity index (χ1n) is 10.3. The van der Waals surface area contributed by atoms with Gasteiger partial charge >= 0.3 is 0 Å². The molecule has 0 aliphatic carbocycles. The maximum absolute atomic E-state index is 13.5. The summed E-state index contributed by atoms with van der Waals surface area (Å²) in [5, 5.41) is 3.18. The van der Waals surface area contributed by atoms with E-state index in [0.717, 1.165) is 5.56 Å². The molecule has 1 heterocycles. The molecule has 0 aliphatic rings. The summed E-state index contributed by atoms with van der Waals surface area (Å²) < 4.78 is 20.1. The predicted octanol–water partition coefficient (Wildman–Crippen LogP) is 4.33. The number of fused-ring (bicyclic) bond motifs is 1. The number of hydrogen-bond acceptors (Lipinski definition) is 5. The largest absolute Gasteiger partial charge is 0.497 e. The predicted molar refractivity (Wildman–Crippen MR) is 127 cm³/mol. The van der Waals surface area contributed by atoms with Crippen molar-refractivity contribution in [3.05, 3.63) is 94.5 Å². The number of nitrogens with zero attached hydrogens (tertiary/aromatic N) is 2. The molecular formula is C25H22FN3O3S. The van der Waals surface area contributed by atoms with Gasteiger partial charge in [0, 0.05) is 6.54 Å². The molecule has 168 valence electrons. The lowest BCUT2D eigenvalue weighted by molar-refractivity contribution is -0.120. The Morgan fingerprint density at radius 2 is 1.88 bits per heavy atom. The number of methoxy groups -OCH3 is 1. The molecule has 33 heavy (non-hydrogen) atoms. The summed E-state index contributed by atoms with van der Waals surface area (Å²) >= 11 is 1.17. The number of carbonyl (C=O) groups is 1. The second kappa shape index (κ2) is 9.87. The first-order valence-corrected chi connectivity index (χ1v) is 11.2. The van der Waals surface area contributed by atoms with Gasteiger partial charge in [-0.1, -0.05) is 36.0 Å². The molecule has 8 heteroatoms. The summed E-state index contributed by atoms with van der Waals surface area (Å²) in [5.41, 5.74) is 1.64. The minimum atomic E-state index is -0.532. The van der Waals surface area contributed by atoms with E-state index in [1.807, 2.05) is 24.3 Å². The van der Waals surface area contributed by atoms with Crippen molar-refractivity contribution in [2.45, 2.75) is 23.9 Å². The highest BCUT2D eigenvalue weighted by Gasteiger charge is 2.20. The quantitative estimate of drug-likeness (QED) is 0.326. The van der Waals surface area contributed by atoms with E-state index < -0.39 is 11.1 Å². The number of thioether (sulfide) groups is 1. The Balaban J connectivity index is 1.61. The number of ether oxygens (including phenoxy) is 1. The van der Waals surface area contributed by atoms with E-state index in [9.17, 15) is 14.0 Å². The molecule has 1 N–H and O–H groups in total. The first kappa shape index (κ1) is 22.5. The summed E-state index contributed by atoms with van der Waals surface area (Å²) in [6.07, 6.45) is 0. The smallest absolute Gasteiger partial charge is 0.266 e. The highest BCUT2D eigenvalue weighted by Crippen LogP contribution is 2.25. The van der Waals surface area contributed by atoms with Crippen LogP contribution in [-0.4, -0.2) is 27.8 Å². The summed E-state index contributed by atoms with van der Waals surface area (Å²) in [7, 11) is 1.59. The second-order valence-corrected chi connectivity index (χ2v) is 8.67. The Kier molecular flexibility index (Phi) is 6.74. The molecule has 4 aromatic rings. The molecule has 0 fully saturated rings. The number of nitrogens with one attached hydrogen (secondary N) is 1. The average molecular weight is 464 g/mol. The van der Waals surface area contributed by atoms with Crippen molar-refractivity contribution in [3.63, 3.8) is 0 Å². The fraction of sp³-hybridized carbons (Fsp3) is 0.160. The maximum atomic E-state index is 13.5. The molecule has 1 amide bonds. The molecule has 0 bridgehead atoms. The monoisotopic (exact) mass is 463 g/mol. The molecule has 1 aromatic heterocycles. The van der Waals surface area contributed by atoms with E-state index in [1.54, 1.807) is 38.3 Å². The van der Waals surface area contributed by atoms with Gasteiger partial charge in [-0.3, -0.25) is 14.2 Å². The number of amides is 1. The van der Waals surface area contributed by atoms with Crippen LogP contribution in [0.3, 0.4) is 0 Å². The topological polar surface area (TPSA) is 73.2 Å². The fourth-order valence-electron chi connectivity index (χ4n) is 3.34. The molecule has 0 radical (unpaired) electrons. The molecule has 3 aromatic carbocycles. The van der Waals surface area contributed by atoms with Crippen LogP contribution in [0.15, 0.2) is 82.7 Å². The van der Waals surface area contributed by atoms with Crippen LogP contribution in [0.2, 0.25) is 0 Å². The van der Waals surface area contributed by atoms with Crippen LogP contribution in [0.1, 0.15) is 12.5 Å². The molecule has 4 rings (SSSR count). The number of para-hydroxylation sites is 1. The van der Waals surface area contributed by atoms with Crippen LogP contribution in [0.5, 0.6) is 5.75 Å². The molecule has 0 spiro atoms. The first-order chi connectivity index (χ1) is 16.0. The van der Waals surface area contributed by atoms with E-state index in [1.165, 1.54) is 40.6 Å². The minimum absolute atomic E-state index is 0.198. The lowest BCUT2D eigenvalue weighted by atomic mass is 10.2. The normalized spacial score (nSPS) is 11.8. The van der Waals surface area contributed by atoms with Crippen molar-refractivity contribution in [1.82, 2.24) is 14.9 Å². The third kappa shape index (κ3) is 5.06. The third-order valence-electron chi connectivity index (χ3n) is 5.08. The van der Waals surface area contributed by atoms with E-state index >= 15 is 0 Å². The van der Waals surface area contributed by atoms with Crippen molar-refractivity contribution in [3.8, 4) is 11.4 Å². The number of benzene rings is 3. The van der Waals surface area contributed by atoms with Crippen LogP contribution in [0, 0.1) is 5.82 Å². The Labute approximate surface area is 194 Å². The molecule has 0 saturated carbocycles. The van der Waals surface area contributed by atoms with Crippen LogP contribution < -0.4 is 15.6 Å². The zero-order chi connectivity index (χ0) is 23.4. The minimum Gasteiger partial charge on any atom is -0.497 e. The number of halogens is 1. The van der Waals surface area contributed by atoms with Gasteiger partial charge in [0.2, 0.25) is 5.91 Å². The standard InChI is InChI=1S/C25H22FN3O3S/c1-16(23(30)27-15-17-6-5-7-20(14-17)32-2)33-25-28-22-9-4-3-8-21(22)24(31)29(25)19-12-10-18(26)11-13-19/h3-14,16H,15H2,1-2H3,(H,27,30). The van der Waals surface area contributed by atoms with E-state index in [2.05, 4.69) is 10.3 Å². The zero-order valence-corrected chi connectivity index (χ0v) is 18.9. The summed E-state index contributed by atoms with van der Waals surface area (Å²) in [4.78, 5) is 30.7. The number of rotatable bonds is 7. The molecule has 6 nitrogen and oxygen atoms in total. The summed E-state index contributed by atoms with van der Waals surface area (Å²) in [6.45, 7) is 2.10. The molecule has 1 unspecified atom stereocenters. The number of hydrogen-bond donors (Lipinski definition) is 1. The zero-order valence-electron chi connectivity index (χ0n) is 18.1. The summed E-state index contributed by atoms with van der Waals surface area (Å²) in [6, 6.07) is 20.1. The Morgan fingerprint density at radius 3 is 2.64 bits per heavy atom. The van der Waals surface area contributed by atoms with Crippen molar-refractivity contribution in [1.29, 1.82) is 0 Å². The third-order valence-corrected chi connectivity index (χ3v) is 6.13. The Bertz CT molecular complexity index is 1360. The molecule has 1 atom stereocenters. The van der Waals surface area contributed by atoms with Crippen LogP contribution in [0.25, 0.3) is 16.6 Å². The lowest BCUT2D eigenvalue weighted by Gasteiger charge is -2.16. The van der Waals surface area contributed by atoms with Crippen LogP contribution in [0.4, 0.5) is 4.39 Å². The van der Waals surface area contributed by atoms with Gasteiger partial charge in [-0.15, -0.1) is 0 Å². The van der Waals surface area contributed by atoms with Gasteiger partial charge in [0.15, 0.2) is 5.16 Å². The lowest BCUT2D eigenvalue weighted by Crippen LogP contribution is -2.31. The summed E-state index contributed by atoms with van der Waals surface area (Å²) in [5.74, 6) is 0.115. The van der Waals surface area contributed by atoms with Gasteiger partial charge in [0.05, 0.1) is 29.0 Å². The fourth-order valence-corrected chi connectivity index (χ4v) is 4.29. The van der Waals surface area contributed by atoms with Gasteiger partial charge < -0.3 is 10.1 Å². The Hall–Kier alpha value is -3.65. The second-order valence-electron chi connectivity index (χ2n) is 7.36.